The number of hydrogen-bond acceptors (Lipinski definition) is 4. The first-order chi connectivity index (χ1) is 6.77. The largest absolute Gasteiger partial charge is 0.375 e. The van der Waals surface area contributed by atoms with Gasteiger partial charge in [-0.3, -0.25) is 0 Å². The molecule has 0 spiro atoms. The van der Waals surface area contributed by atoms with E-state index in [-0.39, 0.29) is 6.10 Å². The fourth-order valence-corrected chi connectivity index (χ4v) is 1.60. The van der Waals surface area contributed by atoms with Crippen molar-refractivity contribution in [2.45, 2.75) is 38.5 Å². The van der Waals surface area contributed by atoms with Crippen LogP contribution in [0.2, 0.25) is 0 Å². The van der Waals surface area contributed by atoms with Gasteiger partial charge < -0.3 is 10.5 Å². The van der Waals surface area contributed by atoms with Crippen molar-refractivity contribution in [3.8, 4) is 0 Å². The van der Waals surface area contributed by atoms with Crippen LogP contribution in [0.4, 0.5) is 0 Å². The van der Waals surface area contributed by atoms with Gasteiger partial charge >= 0.3 is 0 Å². The van der Waals surface area contributed by atoms with Gasteiger partial charge in [-0.2, -0.15) is 0 Å². The summed E-state index contributed by atoms with van der Waals surface area (Å²) in [6.07, 6.45) is 2.40. The Labute approximate surface area is 83.2 Å². The third-order valence-electron chi connectivity index (χ3n) is 2.63. The Morgan fingerprint density at radius 1 is 1.64 bits per heavy atom. The smallest absolute Gasteiger partial charge is 0.102 e. The number of rotatable bonds is 4. The summed E-state index contributed by atoms with van der Waals surface area (Å²) < 4.78 is 7.27. The van der Waals surface area contributed by atoms with Gasteiger partial charge in [0.25, 0.3) is 0 Å². The molecule has 1 unspecified atom stereocenters. The molecule has 0 aromatic carbocycles. The van der Waals surface area contributed by atoms with Gasteiger partial charge in [-0.1, -0.05) is 5.21 Å². The molecule has 5 heteroatoms. The lowest BCUT2D eigenvalue weighted by Crippen LogP contribution is -2.11. The van der Waals surface area contributed by atoms with Crippen molar-refractivity contribution in [3.05, 3.63) is 11.4 Å². The summed E-state index contributed by atoms with van der Waals surface area (Å²) in [4.78, 5) is 0. The van der Waals surface area contributed by atoms with Crippen LogP contribution in [0.5, 0.6) is 0 Å². The number of ether oxygens (including phenoxy) is 1. The first kappa shape index (κ1) is 9.61. The Morgan fingerprint density at radius 2 is 2.36 bits per heavy atom. The zero-order valence-electron chi connectivity index (χ0n) is 8.60. The van der Waals surface area contributed by atoms with Gasteiger partial charge in [0.05, 0.1) is 17.8 Å². The van der Waals surface area contributed by atoms with Gasteiger partial charge in [-0.15, -0.1) is 5.10 Å². The Balaban J connectivity index is 2.34. The molecule has 14 heavy (non-hydrogen) atoms. The number of hydrogen-bond donors (Lipinski definition) is 1. The summed E-state index contributed by atoms with van der Waals surface area (Å²) in [5, 5.41) is 8.20. The second-order valence-corrected chi connectivity index (χ2v) is 3.68. The summed E-state index contributed by atoms with van der Waals surface area (Å²) in [6, 6.07) is 0.524. The molecular formula is C9H16N4O. The van der Waals surface area contributed by atoms with E-state index in [1.54, 1.807) is 7.11 Å². The van der Waals surface area contributed by atoms with Crippen molar-refractivity contribution in [1.82, 2.24) is 15.0 Å². The van der Waals surface area contributed by atoms with E-state index in [9.17, 15) is 0 Å². The van der Waals surface area contributed by atoms with Crippen LogP contribution >= 0.6 is 0 Å². The van der Waals surface area contributed by atoms with Crippen LogP contribution in [0.1, 0.15) is 43.3 Å². The van der Waals surface area contributed by atoms with Crippen molar-refractivity contribution in [2.75, 3.05) is 7.11 Å². The highest BCUT2D eigenvalue weighted by Gasteiger charge is 2.30. The molecule has 1 aromatic rings. The van der Waals surface area contributed by atoms with E-state index in [1.165, 1.54) is 12.8 Å². The van der Waals surface area contributed by atoms with Crippen molar-refractivity contribution >= 4 is 0 Å². The van der Waals surface area contributed by atoms with Crippen LogP contribution in [0.3, 0.4) is 0 Å². The van der Waals surface area contributed by atoms with E-state index in [0.29, 0.717) is 12.6 Å². The fourth-order valence-electron chi connectivity index (χ4n) is 1.60. The van der Waals surface area contributed by atoms with Crippen molar-refractivity contribution in [3.63, 3.8) is 0 Å². The van der Waals surface area contributed by atoms with E-state index >= 15 is 0 Å². The molecule has 1 heterocycles. The van der Waals surface area contributed by atoms with Gasteiger partial charge in [0, 0.05) is 13.7 Å². The summed E-state index contributed by atoms with van der Waals surface area (Å²) in [5.74, 6) is 0. The van der Waals surface area contributed by atoms with Gasteiger partial charge in [0.15, 0.2) is 0 Å². The number of nitrogens with zero attached hydrogens (tertiary/aromatic N) is 3. The van der Waals surface area contributed by atoms with Crippen LogP contribution in [0.25, 0.3) is 0 Å². The highest BCUT2D eigenvalue weighted by Crippen LogP contribution is 2.37. The molecule has 0 radical (unpaired) electrons. The molecule has 1 fully saturated rings. The predicted molar refractivity (Wildman–Crippen MR) is 51.6 cm³/mol. The second kappa shape index (κ2) is 3.67. The quantitative estimate of drug-likeness (QED) is 0.772. The van der Waals surface area contributed by atoms with Crippen molar-refractivity contribution < 1.29 is 4.74 Å². The standard InChI is InChI=1S/C9H16N4O/c1-6(14-2)9-8(5-10)11-12-13(9)7-3-4-7/h6-7H,3-5,10H2,1-2H3. The van der Waals surface area contributed by atoms with Crippen LogP contribution in [0.15, 0.2) is 0 Å². The molecule has 1 aliphatic rings. The molecule has 1 atom stereocenters. The molecule has 0 bridgehead atoms. The topological polar surface area (TPSA) is 66.0 Å². The average Bonchev–Trinajstić information content (AvgIpc) is 2.96. The van der Waals surface area contributed by atoms with Gasteiger partial charge in [0.2, 0.25) is 0 Å². The van der Waals surface area contributed by atoms with Crippen LogP contribution in [-0.4, -0.2) is 22.1 Å². The fraction of sp³-hybridized carbons (Fsp3) is 0.778. The van der Waals surface area contributed by atoms with Crippen molar-refractivity contribution in [1.29, 1.82) is 0 Å². The lowest BCUT2D eigenvalue weighted by Gasteiger charge is -2.12. The summed E-state index contributed by atoms with van der Waals surface area (Å²) in [7, 11) is 1.69. The highest BCUT2D eigenvalue weighted by atomic mass is 16.5. The normalized spacial score (nSPS) is 18.5. The van der Waals surface area contributed by atoms with Gasteiger partial charge in [-0.25, -0.2) is 4.68 Å². The lowest BCUT2D eigenvalue weighted by atomic mass is 10.2. The molecule has 2 N–H and O–H groups in total. The SMILES string of the molecule is COC(C)c1c(CN)nnn1C1CC1. The maximum absolute atomic E-state index is 5.61. The van der Waals surface area contributed by atoms with Crippen molar-refractivity contribution in [2.24, 2.45) is 5.73 Å². The Morgan fingerprint density at radius 3 is 2.86 bits per heavy atom. The number of methoxy groups -OCH3 is 1. The van der Waals surface area contributed by atoms with Gasteiger partial charge in [-0.05, 0) is 19.8 Å². The van der Waals surface area contributed by atoms with Crippen LogP contribution in [0, 0.1) is 0 Å². The minimum Gasteiger partial charge on any atom is -0.375 e. The minimum absolute atomic E-state index is 0.0177. The van der Waals surface area contributed by atoms with E-state index in [1.807, 2.05) is 11.6 Å². The third kappa shape index (κ3) is 1.53. The first-order valence-corrected chi connectivity index (χ1v) is 4.94. The van der Waals surface area contributed by atoms with E-state index in [4.69, 9.17) is 10.5 Å². The third-order valence-corrected chi connectivity index (χ3v) is 2.63. The van der Waals surface area contributed by atoms with Crippen LogP contribution in [-0.2, 0) is 11.3 Å². The maximum atomic E-state index is 5.61. The molecule has 0 aliphatic heterocycles. The molecule has 1 saturated carbocycles. The van der Waals surface area contributed by atoms with E-state index in [0.717, 1.165) is 11.4 Å². The molecule has 1 aromatic heterocycles. The zero-order valence-corrected chi connectivity index (χ0v) is 8.60. The van der Waals surface area contributed by atoms with E-state index < -0.39 is 0 Å². The monoisotopic (exact) mass is 196 g/mol. The molecular weight excluding hydrogens is 180 g/mol. The molecule has 2 rings (SSSR count). The Bertz CT molecular complexity index is 319. The highest BCUT2D eigenvalue weighted by molar-refractivity contribution is 5.14. The predicted octanol–water partition coefficient (Wildman–Crippen LogP) is 0.779. The lowest BCUT2D eigenvalue weighted by molar-refractivity contribution is 0.110. The molecule has 0 amide bonds. The van der Waals surface area contributed by atoms with E-state index in [2.05, 4.69) is 10.3 Å². The second-order valence-electron chi connectivity index (χ2n) is 3.68. The van der Waals surface area contributed by atoms with Gasteiger partial charge in [0.1, 0.15) is 5.69 Å². The first-order valence-electron chi connectivity index (χ1n) is 4.94. The molecule has 0 saturated heterocycles. The average molecular weight is 196 g/mol. The Hall–Kier alpha value is -0.940. The number of aromatic nitrogens is 3. The minimum atomic E-state index is 0.0177. The number of nitrogens with two attached hydrogens (primary N) is 1. The molecule has 5 nitrogen and oxygen atoms in total. The Kier molecular flexibility index (Phi) is 2.52. The zero-order chi connectivity index (χ0) is 10.1. The molecule has 78 valence electrons. The van der Waals surface area contributed by atoms with Crippen LogP contribution < -0.4 is 5.73 Å². The molecule has 1 aliphatic carbocycles. The maximum Gasteiger partial charge on any atom is 0.102 e. The summed E-state index contributed by atoms with van der Waals surface area (Å²) >= 11 is 0. The summed E-state index contributed by atoms with van der Waals surface area (Å²) in [6.45, 7) is 2.42. The summed E-state index contributed by atoms with van der Waals surface area (Å²) in [5.41, 5.74) is 7.50.